The number of hydrogen-bond acceptors (Lipinski definition) is 3. The van der Waals surface area contributed by atoms with Gasteiger partial charge in [0.2, 0.25) is 0 Å². The molecular weight excluding hydrogens is 146 g/mol. The summed E-state index contributed by atoms with van der Waals surface area (Å²) >= 11 is 0. The van der Waals surface area contributed by atoms with E-state index in [2.05, 4.69) is 10.1 Å². The smallest absolute Gasteiger partial charge is 0.407 e. The normalized spacial score (nSPS) is 39.5. The minimum absolute atomic E-state index is 0.187. The number of carbonyl (C=O) groups excluding carboxylic acids is 1. The molecule has 1 heterocycles. The van der Waals surface area contributed by atoms with Gasteiger partial charge in [0.25, 0.3) is 0 Å². The highest BCUT2D eigenvalue weighted by Crippen LogP contribution is 2.38. The molecule has 0 spiro atoms. The first-order valence-electron chi connectivity index (χ1n) is 3.81. The standard InChI is InChI=1S/C7H11NO3/c1-10-7(9)8-4-2-3-5-6(4)11-5/h4-6H,2-3H2,1H3,(H,8,9). The van der Waals surface area contributed by atoms with Crippen molar-refractivity contribution in [3.8, 4) is 0 Å². The van der Waals surface area contributed by atoms with Gasteiger partial charge in [-0.1, -0.05) is 0 Å². The van der Waals surface area contributed by atoms with E-state index >= 15 is 0 Å². The molecule has 0 aromatic rings. The summed E-state index contributed by atoms with van der Waals surface area (Å²) in [5.41, 5.74) is 0. The number of methoxy groups -OCH3 is 1. The minimum atomic E-state index is -0.355. The van der Waals surface area contributed by atoms with Crippen LogP contribution in [0.1, 0.15) is 12.8 Å². The Kier molecular flexibility index (Phi) is 1.49. The van der Waals surface area contributed by atoms with Gasteiger partial charge in [-0.15, -0.1) is 0 Å². The molecule has 3 atom stereocenters. The molecule has 2 fully saturated rings. The van der Waals surface area contributed by atoms with E-state index < -0.39 is 0 Å². The van der Waals surface area contributed by atoms with E-state index in [1.807, 2.05) is 0 Å². The Balaban J connectivity index is 1.82. The van der Waals surface area contributed by atoms with E-state index in [1.165, 1.54) is 7.11 Å². The Morgan fingerprint density at radius 2 is 2.45 bits per heavy atom. The van der Waals surface area contributed by atoms with Crippen LogP contribution < -0.4 is 5.32 Å². The maximum absolute atomic E-state index is 10.7. The van der Waals surface area contributed by atoms with E-state index in [0.29, 0.717) is 6.10 Å². The summed E-state index contributed by atoms with van der Waals surface area (Å²) in [6.45, 7) is 0. The van der Waals surface area contributed by atoms with Crippen LogP contribution in [0.3, 0.4) is 0 Å². The molecule has 1 saturated carbocycles. The summed E-state index contributed by atoms with van der Waals surface area (Å²) in [7, 11) is 1.37. The number of fused-ring (bicyclic) bond motifs is 1. The molecule has 1 N–H and O–H groups in total. The lowest BCUT2D eigenvalue weighted by Crippen LogP contribution is -2.36. The van der Waals surface area contributed by atoms with Crippen molar-refractivity contribution in [3.05, 3.63) is 0 Å². The molecule has 4 nitrogen and oxygen atoms in total. The fourth-order valence-corrected chi connectivity index (χ4v) is 1.62. The summed E-state index contributed by atoms with van der Waals surface area (Å²) in [4.78, 5) is 10.7. The van der Waals surface area contributed by atoms with E-state index in [1.54, 1.807) is 0 Å². The van der Waals surface area contributed by atoms with E-state index in [4.69, 9.17) is 4.74 Å². The van der Waals surface area contributed by atoms with Gasteiger partial charge in [0.05, 0.1) is 19.3 Å². The number of epoxide rings is 1. The SMILES string of the molecule is COC(=O)NC1CCC2OC12. The summed E-state index contributed by atoms with van der Waals surface area (Å²) < 4.78 is 9.71. The Morgan fingerprint density at radius 1 is 1.64 bits per heavy atom. The molecule has 1 aliphatic carbocycles. The zero-order valence-corrected chi connectivity index (χ0v) is 6.37. The highest BCUT2D eigenvalue weighted by molar-refractivity contribution is 5.67. The molecule has 11 heavy (non-hydrogen) atoms. The minimum Gasteiger partial charge on any atom is -0.453 e. The Labute approximate surface area is 64.9 Å². The zero-order valence-electron chi connectivity index (χ0n) is 6.37. The molecule has 62 valence electrons. The Bertz CT molecular complexity index is 183. The van der Waals surface area contributed by atoms with Gasteiger partial charge in [0.15, 0.2) is 0 Å². The zero-order chi connectivity index (χ0) is 7.84. The fourth-order valence-electron chi connectivity index (χ4n) is 1.62. The molecule has 0 aromatic carbocycles. The molecule has 1 aliphatic heterocycles. The summed E-state index contributed by atoms with van der Waals surface area (Å²) in [5.74, 6) is 0. The largest absolute Gasteiger partial charge is 0.453 e. The maximum Gasteiger partial charge on any atom is 0.407 e. The number of amides is 1. The number of ether oxygens (including phenoxy) is 2. The first-order valence-corrected chi connectivity index (χ1v) is 3.81. The lowest BCUT2D eigenvalue weighted by Gasteiger charge is -2.10. The molecule has 3 unspecified atom stereocenters. The molecular formula is C7H11NO3. The molecule has 2 rings (SSSR count). The predicted octanol–water partition coefficient (Wildman–Crippen LogP) is 0.272. The second kappa shape index (κ2) is 2.37. The van der Waals surface area contributed by atoms with E-state index in [9.17, 15) is 4.79 Å². The van der Waals surface area contributed by atoms with Crippen molar-refractivity contribution in [2.45, 2.75) is 31.1 Å². The number of rotatable bonds is 1. The summed E-state index contributed by atoms with van der Waals surface area (Å²) in [6, 6.07) is 0.187. The first kappa shape index (κ1) is 6.91. The molecule has 0 aromatic heterocycles. The van der Waals surface area contributed by atoms with Crippen LogP contribution in [0.2, 0.25) is 0 Å². The van der Waals surface area contributed by atoms with Crippen LogP contribution in [-0.4, -0.2) is 31.5 Å². The van der Waals surface area contributed by atoms with Crippen molar-refractivity contribution in [1.29, 1.82) is 0 Å². The van der Waals surface area contributed by atoms with Gasteiger partial charge >= 0.3 is 6.09 Å². The van der Waals surface area contributed by atoms with Gasteiger partial charge in [0, 0.05) is 0 Å². The molecule has 4 heteroatoms. The van der Waals surface area contributed by atoms with E-state index in [0.717, 1.165) is 12.8 Å². The highest BCUT2D eigenvalue weighted by Gasteiger charge is 2.50. The average molecular weight is 157 g/mol. The quantitative estimate of drug-likeness (QED) is 0.556. The third-order valence-corrected chi connectivity index (χ3v) is 2.27. The second-order valence-electron chi connectivity index (χ2n) is 2.96. The fraction of sp³-hybridized carbons (Fsp3) is 0.857. The van der Waals surface area contributed by atoms with Crippen molar-refractivity contribution in [1.82, 2.24) is 5.32 Å². The first-order chi connectivity index (χ1) is 5.31. The van der Waals surface area contributed by atoms with Crippen LogP contribution in [0, 0.1) is 0 Å². The van der Waals surface area contributed by atoms with Gasteiger partial charge < -0.3 is 14.8 Å². The highest BCUT2D eigenvalue weighted by atomic mass is 16.6. The topological polar surface area (TPSA) is 50.9 Å². The van der Waals surface area contributed by atoms with Crippen molar-refractivity contribution in [2.24, 2.45) is 0 Å². The lowest BCUT2D eigenvalue weighted by molar-refractivity contribution is 0.161. The molecule has 0 bridgehead atoms. The van der Waals surface area contributed by atoms with Crippen molar-refractivity contribution >= 4 is 6.09 Å². The van der Waals surface area contributed by atoms with Gasteiger partial charge in [-0.3, -0.25) is 0 Å². The lowest BCUT2D eigenvalue weighted by atomic mass is 10.2. The van der Waals surface area contributed by atoms with Crippen LogP contribution in [0.4, 0.5) is 4.79 Å². The third-order valence-electron chi connectivity index (χ3n) is 2.27. The van der Waals surface area contributed by atoms with E-state index in [-0.39, 0.29) is 18.2 Å². The number of alkyl carbamates (subject to hydrolysis) is 1. The third kappa shape index (κ3) is 1.18. The second-order valence-corrected chi connectivity index (χ2v) is 2.96. The van der Waals surface area contributed by atoms with Crippen molar-refractivity contribution < 1.29 is 14.3 Å². The van der Waals surface area contributed by atoms with Crippen LogP contribution in [0.25, 0.3) is 0 Å². The van der Waals surface area contributed by atoms with Crippen LogP contribution in [0.15, 0.2) is 0 Å². The molecule has 0 radical (unpaired) electrons. The molecule has 2 aliphatic rings. The predicted molar refractivity (Wildman–Crippen MR) is 37.2 cm³/mol. The summed E-state index contributed by atoms with van der Waals surface area (Å²) in [6.07, 6.45) is 2.42. The molecule has 1 amide bonds. The number of nitrogens with one attached hydrogen (secondary N) is 1. The average Bonchev–Trinajstić information content (AvgIpc) is 2.70. The monoisotopic (exact) mass is 157 g/mol. The number of carbonyl (C=O) groups is 1. The van der Waals surface area contributed by atoms with Crippen molar-refractivity contribution in [2.75, 3.05) is 7.11 Å². The number of hydrogen-bond donors (Lipinski definition) is 1. The van der Waals surface area contributed by atoms with Gasteiger partial charge in [0.1, 0.15) is 6.10 Å². The van der Waals surface area contributed by atoms with Crippen molar-refractivity contribution in [3.63, 3.8) is 0 Å². The van der Waals surface area contributed by atoms with Gasteiger partial charge in [-0.2, -0.15) is 0 Å². The maximum atomic E-state index is 10.7. The Hall–Kier alpha value is -0.770. The Morgan fingerprint density at radius 3 is 2.91 bits per heavy atom. The summed E-state index contributed by atoms with van der Waals surface area (Å²) in [5, 5.41) is 2.73. The van der Waals surface area contributed by atoms with Gasteiger partial charge in [-0.05, 0) is 12.8 Å². The molecule has 1 saturated heterocycles. The van der Waals surface area contributed by atoms with Crippen LogP contribution >= 0.6 is 0 Å². The van der Waals surface area contributed by atoms with Gasteiger partial charge in [-0.25, -0.2) is 4.79 Å². The van der Waals surface area contributed by atoms with Crippen LogP contribution in [0.5, 0.6) is 0 Å². The van der Waals surface area contributed by atoms with Crippen LogP contribution in [-0.2, 0) is 9.47 Å².